The first kappa shape index (κ1) is 26.7. The average Bonchev–Trinajstić information content (AvgIpc) is 2.88. The Labute approximate surface area is 216 Å². The third kappa shape index (κ3) is 6.11. The van der Waals surface area contributed by atoms with Gasteiger partial charge in [-0.05, 0) is 72.0 Å². The molecule has 1 amide bonds. The number of hydrogen-bond donors (Lipinski definition) is 3. The summed E-state index contributed by atoms with van der Waals surface area (Å²) >= 11 is 0. The zero-order chi connectivity index (χ0) is 27.4. The number of carbonyl (C=O) groups excluding carboxylic acids is 1. The molecule has 0 spiro atoms. The normalized spacial score (nSPS) is 12.3. The number of fused-ring (bicyclic) bond motifs is 1. The lowest BCUT2D eigenvalue weighted by Gasteiger charge is -2.18. The molecular formula is C29H25F3N2O4. The van der Waals surface area contributed by atoms with Crippen molar-refractivity contribution < 1.29 is 33.0 Å². The minimum absolute atomic E-state index is 0.0754. The molecule has 3 N–H and O–H groups in total. The van der Waals surface area contributed by atoms with Gasteiger partial charge in [-0.3, -0.25) is 4.79 Å². The molecule has 0 aliphatic heterocycles. The fraction of sp³-hybridized carbons (Fsp3) is 0.207. The number of pyridine rings is 1. The van der Waals surface area contributed by atoms with E-state index in [1.54, 1.807) is 30.3 Å². The van der Waals surface area contributed by atoms with E-state index in [1.165, 1.54) is 30.3 Å². The number of amides is 1. The van der Waals surface area contributed by atoms with Gasteiger partial charge < -0.3 is 15.5 Å². The molecule has 0 aliphatic carbocycles. The molecule has 0 saturated carbocycles. The van der Waals surface area contributed by atoms with Crippen LogP contribution in [0.25, 0.3) is 22.0 Å². The Hall–Kier alpha value is -4.40. The summed E-state index contributed by atoms with van der Waals surface area (Å²) in [5.74, 6) is -1.68. The van der Waals surface area contributed by atoms with Crippen molar-refractivity contribution in [2.45, 2.75) is 38.4 Å². The number of benzene rings is 3. The van der Waals surface area contributed by atoms with E-state index in [2.05, 4.69) is 10.3 Å². The summed E-state index contributed by atoms with van der Waals surface area (Å²) in [6.07, 6.45) is -2.53. The molecule has 0 bridgehead atoms. The quantitative estimate of drug-likeness (QED) is 0.246. The van der Waals surface area contributed by atoms with Crippen LogP contribution in [0.3, 0.4) is 0 Å². The van der Waals surface area contributed by atoms with Crippen molar-refractivity contribution in [3.8, 4) is 16.9 Å². The molecule has 0 aliphatic rings. The molecule has 0 fully saturated rings. The predicted molar refractivity (Wildman–Crippen MR) is 137 cm³/mol. The second-order valence-electron chi connectivity index (χ2n) is 9.00. The first-order chi connectivity index (χ1) is 18.0. The Morgan fingerprint density at radius 1 is 0.974 bits per heavy atom. The Morgan fingerprint density at radius 2 is 1.68 bits per heavy atom. The van der Waals surface area contributed by atoms with Gasteiger partial charge in [0.1, 0.15) is 11.4 Å². The maximum Gasteiger partial charge on any atom is 0.416 e. The molecule has 1 unspecified atom stereocenters. The highest BCUT2D eigenvalue weighted by atomic mass is 19.4. The number of hydrogen-bond acceptors (Lipinski definition) is 4. The third-order valence-corrected chi connectivity index (χ3v) is 6.19. The number of carboxylic acids is 1. The van der Waals surface area contributed by atoms with Crippen LogP contribution in [0.5, 0.6) is 5.75 Å². The van der Waals surface area contributed by atoms with E-state index < -0.39 is 23.6 Å². The first-order valence-electron chi connectivity index (χ1n) is 12.0. The number of aromatic carboxylic acids is 1. The van der Waals surface area contributed by atoms with Crippen LogP contribution in [0.2, 0.25) is 0 Å². The minimum atomic E-state index is -4.51. The van der Waals surface area contributed by atoms with E-state index >= 15 is 0 Å². The Balaban J connectivity index is 1.66. The fourth-order valence-corrected chi connectivity index (χ4v) is 4.32. The van der Waals surface area contributed by atoms with Gasteiger partial charge in [0.25, 0.3) is 5.91 Å². The number of halogens is 3. The van der Waals surface area contributed by atoms with Crippen LogP contribution < -0.4 is 5.32 Å². The molecule has 6 nitrogen and oxygen atoms in total. The van der Waals surface area contributed by atoms with Crippen LogP contribution >= 0.6 is 0 Å². The van der Waals surface area contributed by atoms with Gasteiger partial charge >= 0.3 is 12.1 Å². The standard InChI is InChI=1S/C29H25F3N2O4/c1-2-4-21(13-17-7-10-22(35)11-8-17)33-27(36)26-16-24(28(37)38)23-15-19(9-12-25(23)34-26)18-5-3-6-20(14-18)29(30,31)32/h3,5-12,14-16,21,35H,2,4,13H2,1H3,(H,33,36)(H,37,38). The number of phenolic OH excluding ortho intramolecular Hbond substituents is 1. The van der Waals surface area contributed by atoms with Crippen molar-refractivity contribution in [3.05, 3.63) is 95.2 Å². The first-order valence-corrected chi connectivity index (χ1v) is 12.0. The molecule has 3 aromatic carbocycles. The summed E-state index contributed by atoms with van der Waals surface area (Å²) < 4.78 is 39.5. The van der Waals surface area contributed by atoms with Crippen LogP contribution in [-0.4, -0.2) is 33.1 Å². The Morgan fingerprint density at radius 3 is 2.34 bits per heavy atom. The molecule has 1 heterocycles. The fourth-order valence-electron chi connectivity index (χ4n) is 4.32. The van der Waals surface area contributed by atoms with Gasteiger partial charge in [-0.2, -0.15) is 13.2 Å². The van der Waals surface area contributed by atoms with Gasteiger partial charge in [-0.1, -0.05) is 43.7 Å². The molecule has 196 valence electrons. The Kier molecular flexibility index (Phi) is 7.66. The van der Waals surface area contributed by atoms with Gasteiger partial charge in [-0.25, -0.2) is 9.78 Å². The molecule has 4 rings (SSSR count). The second kappa shape index (κ2) is 10.9. The molecule has 4 aromatic rings. The van der Waals surface area contributed by atoms with Gasteiger partial charge in [0.15, 0.2) is 0 Å². The van der Waals surface area contributed by atoms with Gasteiger partial charge in [-0.15, -0.1) is 0 Å². The smallest absolute Gasteiger partial charge is 0.416 e. The van der Waals surface area contributed by atoms with Gasteiger partial charge in [0.05, 0.1) is 16.6 Å². The van der Waals surface area contributed by atoms with E-state index in [4.69, 9.17) is 0 Å². The lowest BCUT2D eigenvalue weighted by atomic mass is 9.98. The molecule has 38 heavy (non-hydrogen) atoms. The van der Waals surface area contributed by atoms with E-state index in [-0.39, 0.29) is 39.5 Å². The zero-order valence-electron chi connectivity index (χ0n) is 20.4. The summed E-state index contributed by atoms with van der Waals surface area (Å²) in [4.78, 5) is 29.5. The molecular weight excluding hydrogens is 497 g/mol. The summed E-state index contributed by atoms with van der Waals surface area (Å²) in [6.45, 7) is 1.98. The Bertz CT molecular complexity index is 1480. The molecule has 0 saturated heterocycles. The summed E-state index contributed by atoms with van der Waals surface area (Å²) in [5, 5.41) is 22.5. The highest BCUT2D eigenvalue weighted by Gasteiger charge is 2.30. The van der Waals surface area contributed by atoms with Crippen molar-refractivity contribution in [1.29, 1.82) is 0 Å². The molecule has 1 atom stereocenters. The summed E-state index contributed by atoms with van der Waals surface area (Å²) in [7, 11) is 0. The highest BCUT2D eigenvalue weighted by Crippen LogP contribution is 2.33. The zero-order valence-corrected chi connectivity index (χ0v) is 20.4. The number of carboxylic acid groups (broad SMARTS) is 1. The number of carbonyl (C=O) groups is 2. The number of phenols is 1. The number of alkyl halides is 3. The largest absolute Gasteiger partial charge is 0.508 e. The average molecular weight is 523 g/mol. The van der Waals surface area contributed by atoms with Crippen molar-refractivity contribution >= 4 is 22.8 Å². The van der Waals surface area contributed by atoms with Crippen LogP contribution in [0.15, 0.2) is 72.8 Å². The van der Waals surface area contributed by atoms with E-state index in [0.717, 1.165) is 24.1 Å². The third-order valence-electron chi connectivity index (χ3n) is 6.19. The van der Waals surface area contributed by atoms with Crippen LogP contribution in [0.1, 0.15) is 51.7 Å². The highest BCUT2D eigenvalue weighted by molar-refractivity contribution is 6.06. The molecule has 0 radical (unpaired) electrons. The number of nitrogens with one attached hydrogen (secondary N) is 1. The lowest BCUT2D eigenvalue weighted by molar-refractivity contribution is -0.137. The predicted octanol–water partition coefficient (Wildman–Crippen LogP) is 6.47. The number of rotatable bonds is 8. The number of aromatic hydroxyl groups is 1. The van der Waals surface area contributed by atoms with Crippen LogP contribution in [-0.2, 0) is 12.6 Å². The van der Waals surface area contributed by atoms with Crippen molar-refractivity contribution in [2.75, 3.05) is 0 Å². The topological polar surface area (TPSA) is 99.5 Å². The van der Waals surface area contributed by atoms with Crippen LogP contribution in [0.4, 0.5) is 13.2 Å². The van der Waals surface area contributed by atoms with E-state index in [0.29, 0.717) is 18.4 Å². The SMILES string of the molecule is CCCC(Cc1ccc(O)cc1)NC(=O)c1cc(C(=O)O)c2cc(-c3cccc(C(F)(F)F)c3)ccc2n1. The van der Waals surface area contributed by atoms with Crippen molar-refractivity contribution in [1.82, 2.24) is 10.3 Å². The number of nitrogens with zero attached hydrogens (tertiary/aromatic N) is 1. The molecule has 9 heteroatoms. The maximum atomic E-state index is 13.2. The lowest BCUT2D eigenvalue weighted by Crippen LogP contribution is -2.37. The summed E-state index contributed by atoms with van der Waals surface area (Å²) in [6, 6.07) is 16.9. The second-order valence-corrected chi connectivity index (χ2v) is 9.00. The van der Waals surface area contributed by atoms with Gasteiger partial charge in [0.2, 0.25) is 0 Å². The van der Waals surface area contributed by atoms with Gasteiger partial charge in [0, 0.05) is 11.4 Å². The number of aromatic nitrogens is 1. The monoisotopic (exact) mass is 522 g/mol. The van der Waals surface area contributed by atoms with Crippen LogP contribution in [0, 0.1) is 0 Å². The van der Waals surface area contributed by atoms with Crippen molar-refractivity contribution in [3.63, 3.8) is 0 Å². The van der Waals surface area contributed by atoms with E-state index in [9.17, 15) is 33.0 Å². The summed E-state index contributed by atoms with van der Waals surface area (Å²) in [5.41, 5.74) is 0.747. The molecule has 1 aromatic heterocycles. The maximum absolute atomic E-state index is 13.2. The van der Waals surface area contributed by atoms with Crippen molar-refractivity contribution in [2.24, 2.45) is 0 Å². The van der Waals surface area contributed by atoms with E-state index in [1.807, 2.05) is 6.92 Å². The minimum Gasteiger partial charge on any atom is -0.508 e.